The lowest BCUT2D eigenvalue weighted by Crippen LogP contribution is -2.19. The lowest BCUT2D eigenvalue weighted by atomic mass is 9.87. The number of rotatable bonds is 5. The Labute approximate surface area is 105 Å². The van der Waals surface area contributed by atoms with Gasteiger partial charge in [0, 0.05) is 25.9 Å². The highest BCUT2D eigenvalue weighted by Crippen LogP contribution is 2.24. The second kappa shape index (κ2) is 6.06. The van der Waals surface area contributed by atoms with Crippen LogP contribution in [0.4, 0.5) is 5.69 Å². The van der Waals surface area contributed by atoms with Crippen molar-refractivity contribution in [2.45, 2.75) is 39.0 Å². The molecule has 1 aromatic carbocycles. The Morgan fingerprint density at radius 2 is 1.65 bits per heavy atom. The van der Waals surface area contributed by atoms with Crippen LogP contribution in [-0.2, 0) is 5.41 Å². The highest BCUT2D eigenvalue weighted by atomic mass is 16.2. The molecule has 0 aromatic heterocycles. The van der Waals surface area contributed by atoms with Gasteiger partial charge >= 0.3 is 0 Å². The molecule has 1 rings (SSSR count). The maximum absolute atomic E-state index is 8.76. The van der Waals surface area contributed by atoms with Crippen molar-refractivity contribution in [2.75, 3.05) is 25.1 Å². The fourth-order valence-corrected chi connectivity index (χ4v) is 1.81. The maximum atomic E-state index is 8.76. The fraction of sp³-hybridized carbons (Fsp3) is 0.600. The summed E-state index contributed by atoms with van der Waals surface area (Å²) < 4.78 is 0. The van der Waals surface area contributed by atoms with E-state index in [1.165, 1.54) is 11.3 Å². The van der Waals surface area contributed by atoms with E-state index in [-0.39, 0.29) is 12.0 Å². The summed E-state index contributed by atoms with van der Waals surface area (Å²) in [5.74, 6) is 0. The van der Waals surface area contributed by atoms with Crippen LogP contribution in [0.15, 0.2) is 24.3 Å². The molecular weight excluding hydrogens is 210 g/mol. The molecule has 0 aliphatic heterocycles. The van der Waals surface area contributed by atoms with Crippen LogP contribution in [0.5, 0.6) is 0 Å². The number of hydrogen-bond acceptors (Lipinski definition) is 2. The average molecular weight is 235 g/mol. The summed E-state index contributed by atoms with van der Waals surface area (Å²) >= 11 is 0. The topological polar surface area (TPSA) is 23.5 Å². The van der Waals surface area contributed by atoms with Crippen molar-refractivity contribution < 1.29 is 5.11 Å². The summed E-state index contributed by atoms with van der Waals surface area (Å²) in [6.45, 7) is 7.97. The van der Waals surface area contributed by atoms with Crippen LogP contribution in [-0.4, -0.2) is 25.3 Å². The Kier molecular flexibility index (Phi) is 5.01. The number of unbranched alkanes of at least 4 members (excludes halogenated alkanes) is 1. The highest BCUT2D eigenvalue weighted by molar-refractivity contribution is 5.47. The molecule has 0 aliphatic carbocycles. The third-order valence-electron chi connectivity index (χ3n) is 3.08. The highest BCUT2D eigenvalue weighted by Gasteiger charge is 2.13. The number of benzene rings is 1. The molecule has 0 unspecified atom stereocenters. The van der Waals surface area contributed by atoms with Gasteiger partial charge in [0.1, 0.15) is 0 Å². The van der Waals surface area contributed by atoms with Crippen molar-refractivity contribution in [1.82, 2.24) is 0 Å². The molecule has 96 valence electrons. The van der Waals surface area contributed by atoms with Crippen molar-refractivity contribution >= 4 is 5.69 Å². The molecule has 0 saturated carbocycles. The van der Waals surface area contributed by atoms with E-state index in [1.807, 2.05) is 0 Å². The maximum Gasteiger partial charge on any atom is 0.0431 e. The molecule has 0 aliphatic rings. The van der Waals surface area contributed by atoms with Crippen LogP contribution in [0.1, 0.15) is 39.2 Å². The van der Waals surface area contributed by atoms with Gasteiger partial charge in [-0.3, -0.25) is 0 Å². The molecule has 17 heavy (non-hydrogen) atoms. The van der Waals surface area contributed by atoms with E-state index in [0.29, 0.717) is 0 Å². The van der Waals surface area contributed by atoms with Gasteiger partial charge in [0.2, 0.25) is 0 Å². The number of anilines is 1. The molecule has 0 fully saturated rings. The van der Waals surface area contributed by atoms with Crippen LogP contribution < -0.4 is 4.90 Å². The van der Waals surface area contributed by atoms with E-state index in [9.17, 15) is 0 Å². The second-order valence-corrected chi connectivity index (χ2v) is 5.65. The molecule has 0 amide bonds. The molecule has 0 heterocycles. The van der Waals surface area contributed by atoms with Gasteiger partial charge in [-0.25, -0.2) is 0 Å². The van der Waals surface area contributed by atoms with Gasteiger partial charge in [-0.05, 0) is 36.0 Å². The van der Waals surface area contributed by atoms with Crippen molar-refractivity contribution in [3.63, 3.8) is 0 Å². The summed E-state index contributed by atoms with van der Waals surface area (Å²) in [6.07, 6.45) is 1.92. The van der Waals surface area contributed by atoms with Gasteiger partial charge in [-0.1, -0.05) is 32.9 Å². The first kappa shape index (κ1) is 14.0. The van der Waals surface area contributed by atoms with Crippen LogP contribution in [0.25, 0.3) is 0 Å². The largest absolute Gasteiger partial charge is 0.396 e. The van der Waals surface area contributed by atoms with Gasteiger partial charge in [-0.2, -0.15) is 0 Å². The van der Waals surface area contributed by atoms with E-state index in [4.69, 9.17) is 5.11 Å². The lowest BCUT2D eigenvalue weighted by molar-refractivity contribution is 0.285. The molecule has 0 saturated heterocycles. The molecule has 0 spiro atoms. The van der Waals surface area contributed by atoms with Crippen molar-refractivity contribution in [1.29, 1.82) is 0 Å². The van der Waals surface area contributed by atoms with E-state index in [1.54, 1.807) is 0 Å². The molecule has 0 bridgehead atoms. The zero-order valence-electron chi connectivity index (χ0n) is 11.5. The third-order valence-corrected chi connectivity index (χ3v) is 3.08. The van der Waals surface area contributed by atoms with Gasteiger partial charge in [0.25, 0.3) is 0 Å². The summed E-state index contributed by atoms with van der Waals surface area (Å²) in [4.78, 5) is 2.24. The summed E-state index contributed by atoms with van der Waals surface area (Å²) in [5.41, 5.74) is 2.83. The molecule has 0 atom stereocenters. The minimum atomic E-state index is 0.216. The number of nitrogens with zero attached hydrogens (tertiary/aromatic N) is 1. The lowest BCUT2D eigenvalue weighted by Gasteiger charge is -2.22. The monoisotopic (exact) mass is 235 g/mol. The molecule has 2 heteroatoms. The first-order valence-electron chi connectivity index (χ1n) is 6.37. The minimum absolute atomic E-state index is 0.216. The molecule has 1 N–H and O–H groups in total. The Hall–Kier alpha value is -1.02. The Morgan fingerprint density at radius 1 is 1.06 bits per heavy atom. The average Bonchev–Trinajstić information content (AvgIpc) is 2.28. The zero-order valence-corrected chi connectivity index (χ0v) is 11.5. The summed E-state index contributed by atoms with van der Waals surface area (Å²) in [5, 5.41) is 8.76. The minimum Gasteiger partial charge on any atom is -0.396 e. The first-order chi connectivity index (χ1) is 7.95. The number of aliphatic hydroxyl groups is 1. The Morgan fingerprint density at radius 3 is 2.12 bits per heavy atom. The standard InChI is InChI=1S/C15H25NO/c1-15(2,3)13-7-9-14(10-8-13)16(4)11-5-6-12-17/h7-10,17H,5-6,11-12H2,1-4H3. The molecular formula is C15H25NO. The molecule has 1 aromatic rings. The van der Waals surface area contributed by atoms with Crippen LogP contribution in [0, 0.1) is 0 Å². The van der Waals surface area contributed by atoms with Crippen LogP contribution >= 0.6 is 0 Å². The van der Waals surface area contributed by atoms with E-state index >= 15 is 0 Å². The van der Waals surface area contributed by atoms with Crippen LogP contribution in [0.2, 0.25) is 0 Å². The number of aliphatic hydroxyl groups excluding tert-OH is 1. The number of hydrogen-bond donors (Lipinski definition) is 1. The Balaban J connectivity index is 2.61. The molecule has 0 radical (unpaired) electrons. The van der Waals surface area contributed by atoms with Gasteiger partial charge < -0.3 is 10.0 Å². The predicted molar refractivity (Wildman–Crippen MR) is 74.7 cm³/mol. The second-order valence-electron chi connectivity index (χ2n) is 5.65. The van der Waals surface area contributed by atoms with Gasteiger partial charge in [0.15, 0.2) is 0 Å². The van der Waals surface area contributed by atoms with E-state index < -0.39 is 0 Å². The van der Waals surface area contributed by atoms with Crippen LogP contribution in [0.3, 0.4) is 0 Å². The SMILES string of the molecule is CN(CCCCO)c1ccc(C(C)(C)C)cc1. The van der Waals surface area contributed by atoms with Crippen molar-refractivity contribution in [3.8, 4) is 0 Å². The van der Waals surface area contributed by atoms with E-state index in [0.717, 1.165) is 19.4 Å². The normalized spacial score (nSPS) is 11.6. The quantitative estimate of drug-likeness (QED) is 0.792. The first-order valence-corrected chi connectivity index (χ1v) is 6.37. The zero-order chi connectivity index (χ0) is 12.9. The Bertz CT molecular complexity index is 324. The summed E-state index contributed by atoms with van der Waals surface area (Å²) in [7, 11) is 2.10. The summed E-state index contributed by atoms with van der Waals surface area (Å²) in [6, 6.07) is 8.77. The van der Waals surface area contributed by atoms with Gasteiger partial charge in [-0.15, -0.1) is 0 Å². The third kappa shape index (κ3) is 4.39. The fourth-order valence-electron chi connectivity index (χ4n) is 1.81. The predicted octanol–water partition coefficient (Wildman–Crippen LogP) is 3.19. The van der Waals surface area contributed by atoms with Crippen molar-refractivity contribution in [3.05, 3.63) is 29.8 Å². The van der Waals surface area contributed by atoms with Gasteiger partial charge in [0.05, 0.1) is 0 Å². The van der Waals surface area contributed by atoms with Crippen molar-refractivity contribution in [2.24, 2.45) is 0 Å². The smallest absolute Gasteiger partial charge is 0.0431 e. The molecule has 2 nitrogen and oxygen atoms in total. The van der Waals surface area contributed by atoms with E-state index in [2.05, 4.69) is 57.0 Å².